The van der Waals surface area contributed by atoms with Gasteiger partial charge in [0.05, 0.1) is 29.3 Å². The maximum atomic E-state index is 12.9. The van der Waals surface area contributed by atoms with Crippen LogP contribution in [-0.2, 0) is 25.1 Å². The van der Waals surface area contributed by atoms with Crippen LogP contribution in [0.3, 0.4) is 0 Å². The maximum Gasteiger partial charge on any atom is 0.475 e. The molecule has 1 aromatic heterocycles. The first-order valence-corrected chi connectivity index (χ1v) is 25.2. The zero-order chi connectivity index (χ0) is 61.4. The maximum absolute atomic E-state index is 12.9. The lowest BCUT2D eigenvalue weighted by Gasteiger charge is -2.26. The van der Waals surface area contributed by atoms with Crippen molar-refractivity contribution >= 4 is 46.7 Å². The van der Waals surface area contributed by atoms with Gasteiger partial charge in [0.25, 0.3) is 5.96 Å². The van der Waals surface area contributed by atoms with E-state index in [0.717, 1.165) is 66.5 Å². The molecule has 0 amide bonds. The van der Waals surface area contributed by atoms with Crippen molar-refractivity contribution in [1.29, 1.82) is 0 Å². The Morgan fingerprint density at radius 2 is 1.01 bits per heavy atom. The molecule has 0 aliphatic carbocycles. The van der Waals surface area contributed by atoms with Gasteiger partial charge in [-0.15, -0.1) is 25.1 Å². The second-order valence-corrected chi connectivity index (χ2v) is 17.9. The van der Waals surface area contributed by atoms with Crippen LogP contribution in [0.1, 0.15) is 52.8 Å². The van der Waals surface area contributed by atoms with E-state index in [4.69, 9.17) is 51.3 Å². The molecule has 26 heteroatoms. The van der Waals surface area contributed by atoms with Gasteiger partial charge in [-0.3, -0.25) is 0 Å². The molecule has 0 bridgehead atoms. The monoisotopic (exact) mass is 1190 g/mol. The van der Waals surface area contributed by atoms with Crippen LogP contribution < -0.4 is 30.6 Å². The number of likely N-dealkylation sites (tertiary alicyclic amines) is 1. The number of halogens is 10. The molecule has 0 spiro atoms. The number of amidine groups is 1. The summed E-state index contributed by atoms with van der Waals surface area (Å²) in [5, 5.41) is 25.8. The second kappa shape index (κ2) is 30.5. The molecule has 16 nitrogen and oxygen atoms in total. The van der Waals surface area contributed by atoms with E-state index < -0.39 is 35.2 Å². The van der Waals surface area contributed by atoms with Crippen LogP contribution in [0, 0.1) is 26.6 Å². The van der Waals surface area contributed by atoms with Crippen LogP contribution in [0.25, 0.3) is 14.9 Å². The SMILES string of the molecule is Nc1ccc(C(F)(F)F)cc1.[C-]#[N+]/N=C(\Nc1ccc(C(F)(F)F)cc1)N1CCC[C@@H]1c1nnc(C)n1Cc1ccc(Cl)cc1.[C-]#[N+]/N=C(\Nc1ccc(C(F)(F)F)cc1)Oc1ccccc1.[C-]#[N+]N=C(Oc1ccccc1)Oc1ccccc1. The lowest BCUT2D eigenvalue weighted by Crippen LogP contribution is -2.37. The number of alkyl halides is 9. The molecule has 0 radical (unpaired) electrons. The van der Waals surface area contributed by atoms with Crippen molar-refractivity contribution in [3.05, 3.63) is 262 Å². The first-order chi connectivity index (χ1) is 40.6. The van der Waals surface area contributed by atoms with Crippen molar-refractivity contribution in [2.75, 3.05) is 22.9 Å². The van der Waals surface area contributed by atoms with E-state index in [0.29, 0.717) is 52.4 Å². The summed E-state index contributed by atoms with van der Waals surface area (Å²) in [5.74, 6) is 3.32. The Kier molecular flexibility index (Phi) is 22.8. The fraction of sp³-hybridized carbons (Fsp3) is 0.153. The number of rotatable bonds is 8. The van der Waals surface area contributed by atoms with Crippen LogP contribution in [0.4, 0.5) is 56.6 Å². The minimum atomic E-state index is -4.42. The number of aromatic nitrogens is 3. The number of nitrogens with one attached hydrogen (secondary N) is 2. The molecule has 8 aromatic rings. The first-order valence-electron chi connectivity index (χ1n) is 24.9. The molecule has 2 heterocycles. The summed E-state index contributed by atoms with van der Waals surface area (Å²) >= 11 is 6.00. The molecule has 1 aliphatic rings. The Balaban J connectivity index is 0.000000196. The molecule has 436 valence electrons. The highest BCUT2D eigenvalue weighted by molar-refractivity contribution is 6.30. The van der Waals surface area contributed by atoms with Gasteiger partial charge in [-0.1, -0.05) is 78.3 Å². The number of nitrogens with two attached hydrogens (primary N) is 1. The average molecular weight is 1190 g/mol. The molecular formula is C59H47ClF9N13O3. The molecule has 1 saturated heterocycles. The number of aryl methyl sites for hydroxylation is 1. The van der Waals surface area contributed by atoms with Gasteiger partial charge < -0.3 is 40.0 Å². The van der Waals surface area contributed by atoms with Crippen molar-refractivity contribution in [1.82, 2.24) is 19.7 Å². The van der Waals surface area contributed by atoms with E-state index in [-0.39, 0.29) is 24.1 Å². The van der Waals surface area contributed by atoms with E-state index in [9.17, 15) is 39.5 Å². The molecule has 9 rings (SSSR count). The second-order valence-electron chi connectivity index (χ2n) is 17.4. The average Bonchev–Trinajstić information content (AvgIpc) is 2.90. The van der Waals surface area contributed by atoms with Crippen molar-refractivity contribution in [2.24, 2.45) is 15.3 Å². The number of nitrogen functional groups attached to an aromatic ring is 1. The zero-order valence-corrected chi connectivity index (χ0v) is 45.1. The highest BCUT2D eigenvalue weighted by atomic mass is 35.5. The van der Waals surface area contributed by atoms with Gasteiger partial charge in [-0.2, -0.15) is 59.2 Å². The van der Waals surface area contributed by atoms with Crippen molar-refractivity contribution in [3.8, 4) is 17.2 Å². The number of ether oxygens (including phenoxy) is 3. The van der Waals surface area contributed by atoms with Gasteiger partial charge in [-0.25, -0.2) is 0 Å². The Hall–Kier alpha value is -10.6. The van der Waals surface area contributed by atoms with E-state index in [1.54, 1.807) is 54.6 Å². The van der Waals surface area contributed by atoms with Crippen LogP contribution in [0.15, 0.2) is 203 Å². The Morgan fingerprint density at radius 1 is 0.576 bits per heavy atom. The fourth-order valence-electron chi connectivity index (χ4n) is 7.51. The number of hydrogen-bond donors (Lipinski definition) is 3. The van der Waals surface area contributed by atoms with Crippen LogP contribution in [0.5, 0.6) is 17.2 Å². The van der Waals surface area contributed by atoms with Gasteiger partial charge in [0.15, 0.2) is 10.9 Å². The number of para-hydroxylation sites is 3. The van der Waals surface area contributed by atoms with E-state index in [1.165, 1.54) is 36.4 Å². The molecule has 85 heavy (non-hydrogen) atoms. The Morgan fingerprint density at radius 3 is 1.46 bits per heavy atom. The molecule has 0 unspecified atom stereocenters. The summed E-state index contributed by atoms with van der Waals surface area (Å²) in [5.41, 5.74) is 5.12. The van der Waals surface area contributed by atoms with E-state index in [2.05, 4.69) is 51.0 Å². The topological polar surface area (TPSA) is 162 Å². The summed E-state index contributed by atoms with van der Waals surface area (Å²) < 4.78 is 130. The minimum Gasteiger partial charge on any atom is -0.421 e. The van der Waals surface area contributed by atoms with Gasteiger partial charge in [-0.05, 0) is 147 Å². The van der Waals surface area contributed by atoms with Crippen LogP contribution >= 0.6 is 11.6 Å². The highest BCUT2D eigenvalue weighted by Crippen LogP contribution is 2.35. The molecule has 0 saturated carbocycles. The number of nitrogens with zero attached hydrogens (tertiary/aromatic N) is 10. The Labute approximate surface area is 486 Å². The van der Waals surface area contributed by atoms with Gasteiger partial charge in [0, 0.05) is 28.6 Å². The Bertz CT molecular complexity index is 3560. The molecule has 1 fully saturated rings. The largest absolute Gasteiger partial charge is 0.475 e. The summed E-state index contributed by atoms with van der Waals surface area (Å²) in [7, 11) is 0. The first kappa shape index (κ1) is 63.6. The zero-order valence-electron chi connectivity index (χ0n) is 44.4. The standard InChI is InChI=1S/C23H21ClF3N7.C15H10F3N3O.C14H10N2O2.C7H6F3N/c1-15-30-31-21(34(15)14-16-5-9-18(24)10-6-16)20-4-3-13-33(20)22(32-28-2)29-19-11-7-17(8-12-19)23(25,26)27;1-19-21-14(22-13-5-3-2-4-6-13)20-12-9-7-11(8-10-12)15(16,17)18;1-15-16-14(17-12-8-4-2-5-9-12)18-13-10-6-3-7-11-13;8-7(9,10)5-1-3-6(11)4-2-5/h5-12,20H,3-4,13-14H2,1H3,(H,29,32);2-10H,(H,20,21);2-11H;1-4H,11H2/t20-;;;/m1.../s1. The number of guanidine groups is 1. The number of benzene rings is 7. The molecule has 1 atom stereocenters. The van der Waals surface area contributed by atoms with E-state index >= 15 is 0 Å². The molecule has 7 aromatic carbocycles. The number of anilines is 3. The molecular weight excluding hydrogens is 1150 g/mol. The summed E-state index contributed by atoms with van der Waals surface area (Å²) in [6.07, 6.45) is -11.6. The van der Waals surface area contributed by atoms with Crippen LogP contribution in [-0.4, -0.2) is 44.3 Å². The lowest BCUT2D eigenvalue weighted by atomic mass is 10.2. The van der Waals surface area contributed by atoms with Gasteiger partial charge >= 0.3 is 30.6 Å². The predicted octanol–water partition coefficient (Wildman–Crippen LogP) is 15.8. The minimum absolute atomic E-state index is 0.0950. The third kappa shape index (κ3) is 20.4. The molecule has 1 aliphatic heterocycles. The fourth-order valence-corrected chi connectivity index (χ4v) is 7.64. The van der Waals surface area contributed by atoms with Gasteiger partial charge in [0.2, 0.25) is 0 Å². The van der Waals surface area contributed by atoms with E-state index in [1.807, 2.05) is 77.1 Å². The van der Waals surface area contributed by atoms with Crippen LogP contribution in [0.2, 0.25) is 5.02 Å². The third-order valence-corrected chi connectivity index (χ3v) is 11.7. The van der Waals surface area contributed by atoms with Crippen molar-refractivity contribution < 1.29 is 53.7 Å². The van der Waals surface area contributed by atoms with Crippen molar-refractivity contribution in [3.63, 3.8) is 0 Å². The smallest absolute Gasteiger partial charge is 0.421 e. The number of hydrogen-bond acceptors (Lipinski definition) is 9. The van der Waals surface area contributed by atoms with Gasteiger partial charge in [0.1, 0.15) is 33.3 Å². The third-order valence-electron chi connectivity index (χ3n) is 11.5. The lowest BCUT2D eigenvalue weighted by molar-refractivity contribution is -0.138. The normalized spacial score (nSPS) is 13.0. The summed E-state index contributed by atoms with van der Waals surface area (Å²) in [6, 6.07) is 47.2. The summed E-state index contributed by atoms with van der Waals surface area (Å²) in [4.78, 5) is 10.8. The summed E-state index contributed by atoms with van der Waals surface area (Å²) in [6.45, 7) is 23.8. The molecule has 4 N–H and O–H groups in total. The quantitative estimate of drug-likeness (QED) is 0.0336. The van der Waals surface area contributed by atoms with Crippen molar-refractivity contribution in [2.45, 2.75) is 50.9 Å². The highest BCUT2D eigenvalue weighted by Gasteiger charge is 2.35. The predicted molar refractivity (Wildman–Crippen MR) is 303 cm³/mol.